The van der Waals surface area contributed by atoms with Crippen molar-refractivity contribution in [2.75, 3.05) is 4.31 Å². The number of benzene rings is 3. The zero-order chi connectivity index (χ0) is 19.0. The van der Waals surface area contributed by atoms with E-state index >= 15 is 0 Å². The highest BCUT2D eigenvalue weighted by Crippen LogP contribution is 2.40. The Morgan fingerprint density at radius 1 is 0.852 bits per heavy atom. The molecule has 0 N–H and O–H groups in total. The van der Waals surface area contributed by atoms with Crippen LogP contribution < -0.4 is 4.31 Å². The molecule has 3 aromatic carbocycles. The van der Waals surface area contributed by atoms with Gasteiger partial charge in [-0.1, -0.05) is 48.0 Å². The number of anilines is 2. The Morgan fingerprint density at radius 3 is 2.15 bits per heavy atom. The lowest BCUT2D eigenvalue weighted by Crippen LogP contribution is -2.26. The third-order valence-electron chi connectivity index (χ3n) is 4.25. The van der Waals surface area contributed by atoms with Crippen LogP contribution in [0.25, 0.3) is 11.0 Å². The summed E-state index contributed by atoms with van der Waals surface area (Å²) in [6, 6.07) is 23.3. The van der Waals surface area contributed by atoms with Gasteiger partial charge >= 0.3 is 0 Å². The molecular formula is C21H16INO3S. The maximum absolute atomic E-state index is 13.5. The Labute approximate surface area is 171 Å². The van der Waals surface area contributed by atoms with Gasteiger partial charge in [-0.05, 0) is 65.9 Å². The zero-order valence-electron chi connectivity index (χ0n) is 14.5. The number of aryl methyl sites for hydroxylation is 1. The molecule has 0 aliphatic heterocycles. The number of rotatable bonds is 4. The fraction of sp³-hybridized carbons (Fsp3) is 0.0476. The second-order valence-corrected chi connectivity index (χ2v) is 9.00. The minimum absolute atomic E-state index is 0.216. The molecule has 27 heavy (non-hydrogen) atoms. The van der Waals surface area contributed by atoms with Gasteiger partial charge in [0.25, 0.3) is 10.0 Å². The number of hydrogen-bond donors (Lipinski definition) is 0. The van der Waals surface area contributed by atoms with Gasteiger partial charge in [-0.15, -0.1) is 0 Å². The predicted octanol–water partition coefficient (Wildman–Crippen LogP) is 5.87. The molecule has 4 rings (SSSR count). The van der Waals surface area contributed by atoms with Crippen LogP contribution in [0.1, 0.15) is 5.56 Å². The van der Waals surface area contributed by atoms with E-state index in [1.807, 2.05) is 49.4 Å². The van der Waals surface area contributed by atoms with Gasteiger partial charge in [0, 0.05) is 5.39 Å². The van der Waals surface area contributed by atoms with Crippen LogP contribution >= 0.6 is 22.6 Å². The van der Waals surface area contributed by atoms with Gasteiger partial charge in [-0.3, -0.25) is 0 Å². The molecule has 0 unspecified atom stereocenters. The summed E-state index contributed by atoms with van der Waals surface area (Å²) in [5, 5.41) is 0.883. The quantitative estimate of drug-likeness (QED) is 0.337. The first-order valence-corrected chi connectivity index (χ1v) is 10.8. The van der Waals surface area contributed by atoms with Crippen LogP contribution in [0.5, 0.6) is 0 Å². The van der Waals surface area contributed by atoms with Gasteiger partial charge in [-0.2, -0.15) is 0 Å². The van der Waals surface area contributed by atoms with E-state index in [0.29, 0.717) is 17.2 Å². The molecule has 0 saturated heterocycles. The summed E-state index contributed by atoms with van der Waals surface area (Å²) in [4.78, 5) is 0.216. The molecule has 136 valence electrons. The number of nitrogens with zero attached hydrogens (tertiary/aromatic N) is 1. The molecule has 0 saturated carbocycles. The molecule has 1 aromatic heterocycles. The monoisotopic (exact) mass is 489 g/mol. The zero-order valence-corrected chi connectivity index (χ0v) is 17.4. The number of sulfonamides is 1. The second-order valence-electron chi connectivity index (χ2n) is 6.14. The van der Waals surface area contributed by atoms with Crippen molar-refractivity contribution in [2.45, 2.75) is 11.8 Å². The van der Waals surface area contributed by atoms with Crippen molar-refractivity contribution in [3.8, 4) is 0 Å². The number of hydrogen-bond acceptors (Lipinski definition) is 3. The van der Waals surface area contributed by atoms with Crippen LogP contribution in [0.4, 0.5) is 11.6 Å². The van der Waals surface area contributed by atoms with Crippen LogP contribution in [-0.2, 0) is 10.0 Å². The van der Waals surface area contributed by atoms with E-state index in [-0.39, 0.29) is 4.90 Å². The van der Waals surface area contributed by atoms with Crippen LogP contribution in [-0.4, -0.2) is 8.42 Å². The average molecular weight is 489 g/mol. The lowest BCUT2D eigenvalue weighted by molar-refractivity contribution is 0.582. The summed E-state index contributed by atoms with van der Waals surface area (Å²) in [6.07, 6.45) is 0. The summed E-state index contributed by atoms with van der Waals surface area (Å²) in [5.74, 6) is 0.295. The van der Waals surface area contributed by atoms with E-state index in [0.717, 1.165) is 14.5 Å². The largest absolute Gasteiger partial charge is 0.438 e. The highest BCUT2D eigenvalue weighted by molar-refractivity contribution is 14.1. The SMILES string of the molecule is Cc1ccc(S(=O)(=O)N(c2ccccc2)c2oc3ccccc3c2I)cc1. The summed E-state index contributed by atoms with van der Waals surface area (Å²) >= 11 is 2.14. The Balaban J connectivity index is 1.97. The van der Waals surface area contributed by atoms with Crippen LogP contribution in [0.15, 0.2) is 88.2 Å². The van der Waals surface area contributed by atoms with E-state index in [1.165, 1.54) is 4.31 Å². The summed E-state index contributed by atoms with van der Waals surface area (Å²) in [7, 11) is -3.86. The minimum Gasteiger partial charge on any atom is -0.438 e. The maximum atomic E-state index is 13.5. The number of furan rings is 1. The number of fused-ring (bicyclic) bond motifs is 1. The highest BCUT2D eigenvalue weighted by atomic mass is 127. The first kappa shape index (κ1) is 18.1. The second kappa shape index (κ2) is 7.01. The molecule has 1 heterocycles. The molecule has 0 aliphatic carbocycles. The molecule has 0 radical (unpaired) electrons. The van der Waals surface area contributed by atoms with E-state index in [4.69, 9.17) is 4.42 Å². The molecule has 4 aromatic rings. The number of para-hydroxylation sites is 2. The van der Waals surface area contributed by atoms with Crippen molar-refractivity contribution < 1.29 is 12.8 Å². The lowest BCUT2D eigenvalue weighted by Gasteiger charge is -2.22. The third-order valence-corrected chi connectivity index (χ3v) is 7.02. The summed E-state index contributed by atoms with van der Waals surface area (Å²) in [5.41, 5.74) is 2.17. The molecule has 0 amide bonds. The van der Waals surface area contributed by atoms with Gasteiger partial charge in [0.05, 0.1) is 14.2 Å². The van der Waals surface area contributed by atoms with E-state index in [1.54, 1.807) is 36.4 Å². The Bertz CT molecular complexity index is 1200. The third kappa shape index (κ3) is 3.23. The Morgan fingerprint density at radius 2 is 1.48 bits per heavy atom. The van der Waals surface area contributed by atoms with Crippen molar-refractivity contribution in [1.29, 1.82) is 0 Å². The van der Waals surface area contributed by atoms with E-state index < -0.39 is 10.0 Å². The average Bonchev–Trinajstić information content (AvgIpc) is 3.00. The van der Waals surface area contributed by atoms with E-state index in [9.17, 15) is 8.42 Å². The topological polar surface area (TPSA) is 50.5 Å². The molecule has 0 bridgehead atoms. The van der Waals surface area contributed by atoms with Gasteiger partial charge < -0.3 is 4.42 Å². The minimum atomic E-state index is -3.86. The molecule has 6 heteroatoms. The van der Waals surface area contributed by atoms with Crippen molar-refractivity contribution in [1.82, 2.24) is 0 Å². The molecule has 0 aliphatic rings. The van der Waals surface area contributed by atoms with Gasteiger partial charge in [0.2, 0.25) is 5.88 Å². The fourth-order valence-corrected chi connectivity index (χ4v) is 5.27. The lowest BCUT2D eigenvalue weighted by atomic mass is 10.2. The van der Waals surface area contributed by atoms with Gasteiger partial charge in [0.15, 0.2) is 0 Å². The smallest absolute Gasteiger partial charge is 0.271 e. The van der Waals surface area contributed by atoms with Gasteiger partial charge in [-0.25, -0.2) is 12.7 Å². The Hall–Kier alpha value is -2.32. The van der Waals surface area contributed by atoms with Crippen LogP contribution in [0.3, 0.4) is 0 Å². The van der Waals surface area contributed by atoms with Crippen LogP contribution in [0, 0.1) is 10.5 Å². The first-order valence-electron chi connectivity index (χ1n) is 8.32. The molecule has 0 fully saturated rings. The molecular weight excluding hydrogens is 473 g/mol. The highest BCUT2D eigenvalue weighted by Gasteiger charge is 2.31. The van der Waals surface area contributed by atoms with Crippen molar-refractivity contribution in [3.63, 3.8) is 0 Å². The predicted molar refractivity (Wildman–Crippen MR) is 116 cm³/mol. The number of halogens is 1. The van der Waals surface area contributed by atoms with Crippen molar-refractivity contribution in [2.24, 2.45) is 0 Å². The fourth-order valence-electron chi connectivity index (χ4n) is 2.88. The standard InChI is InChI=1S/C21H16INO3S/c1-15-11-13-17(14-12-15)27(24,25)23(16-7-3-2-4-8-16)21-20(22)18-9-5-6-10-19(18)26-21/h2-14H,1H3. The van der Waals surface area contributed by atoms with Gasteiger partial charge in [0.1, 0.15) is 5.58 Å². The first-order chi connectivity index (χ1) is 13.0. The summed E-state index contributed by atoms with van der Waals surface area (Å²) in [6.45, 7) is 1.92. The maximum Gasteiger partial charge on any atom is 0.271 e. The molecule has 4 nitrogen and oxygen atoms in total. The molecule has 0 atom stereocenters. The summed E-state index contributed by atoms with van der Waals surface area (Å²) < 4.78 is 35.1. The van der Waals surface area contributed by atoms with Crippen molar-refractivity contribution in [3.05, 3.63) is 88.0 Å². The van der Waals surface area contributed by atoms with E-state index in [2.05, 4.69) is 22.6 Å². The van der Waals surface area contributed by atoms with Crippen molar-refractivity contribution >= 4 is 55.2 Å². The molecule has 0 spiro atoms. The van der Waals surface area contributed by atoms with Crippen LogP contribution in [0.2, 0.25) is 0 Å². The normalized spacial score (nSPS) is 11.6. The Kier molecular flexibility index (Phi) is 4.69.